The molecule has 0 aromatic rings. The first-order chi connectivity index (χ1) is 6.93. The summed E-state index contributed by atoms with van der Waals surface area (Å²) in [5.41, 5.74) is -0.694. The van der Waals surface area contributed by atoms with E-state index in [-0.39, 0.29) is 18.9 Å². The van der Waals surface area contributed by atoms with Gasteiger partial charge in [-0.1, -0.05) is 6.92 Å². The third kappa shape index (κ3) is 6.06. The van der Waals surface area contributed by atoms with Crippen molar-refractivity contribution >= 4 is 11.9 Å². The predicted molar refractivity (Wildman–Crippen MR) is 55.6 cm³/mol. The predicted octanol–water partition coefficient (Wildman–Crippen LogP) is 0.782. The van der Waals surface area contributed by atoms with Gasteiger partial charge >= 0.3 is 5.97 Å². The lowest BCUT2D eigenvalue weighted by atomic mass is 9.94. The smallest absolute Gasteiger partial charge is 0.305 e. The maximum Gasteiger partial charge on any atom is 0.305 e. The van der Waals surface area contributed by atoms with E-state index in [4.69, 9.17) is 9.84 Å². The fourth-order valence-corrected chi connectivity index (χ4v) is 1.16. The molecule has 0 aromatic heterocycles. The van der Waals surface area contributed by atoms with Gasteiger partial charge in [0.2, 0.25) is 5.91 Å². The van der Waals surface area contributed by atoms with Crippen LogP contribution in [0.5, 0.6) is 0 Å². The number of rotatable bonds is 7. The monoisotopic (exact) mass is 217 g/mol. The van der Waals surface area contributed by atoms with Crippen LogP contribution >= 0.6 is 0 Å². The molecule has 5 heteroatoms. The van der Waals surface area contributed by atoms with Crippen LogP contribution in [0.3, 0.4) is 0 Å². The van der Waals surface area contributed by atoms with Crippen LogP contribution in [0.15, 0.2) is 0 Å². The average Bonchev–Trinajstić information content (AvgIpc) is 2.13. The summed E-state index contributed by atoms with van der Waals surface area (Å²) in [5, 5.41) is 11.4. The largest absolute Gasteiger partial charge is 0.481 e. The number of amides is 1. The molecule has 88 valence electrons. The van der Waals surface area contributed by atoms with Gasteiger partial charge in [0.25, 0.3) is 0 Å². The molecular formula is C10H19NO4. The summed E-state index contributed by atoms with van der Waals surface area (Å²) in [6.07, 6.45) is 0.485. The first kappa shape index (κ1) is 13.9. The van der Waals surface area contributed by atoms with Gasteiger partial charge in [-0.25, -0.2) is 0 Å². The van der Waals surface area contributed by atoms with Crippen molar-refractivity contribution in [3.05, 3.63) is 0 Å². The molecule has 0 saturated carbocycles. The summed E-state index contributed by atoms with van der Waals surface area (Å²) in [6, 6.07) is 0. The first-order valence-corrected chi connectivity index (χ1v) is 5.04. The molecule has 0 aliphatic heterocycles. The van der Waals surface area contributed by atoms with Crippen molar-refractivity contribution in [2.75, 3.05) is 13.2 Å². The SMILES string of the molecule is CCOCC(=O)NC(C)(CC)CC(=O)O. The molecule has 0 spiro atoms. The fourth-order valence-electron chi connectivity index (χ4n) is 1.16. The second-order valence-corrected chi connectivity index (χ2v) is 3.67. The highest BCUT2D eigenvalue weighted by molar-refractivity contribution is 5.79. The maximum atomic E-state index is 11.3. The van der Waals surface area contributed by atoms with Gasteiger partial charge in [0.05, 0.1) is 6.42 Å². The number of nitrogens with one attached hydrogen (secondary N) is 1. The molecule has 0 aromatic carbocycles. The van der Waals surface area contributed by atoms with Gasteiger partial charge in [-0.3, -0.25) is 9.59 Å². The number of carbonyl (C=O) groups is 2. The van der Waals surface area contributed by atoms with E-state index in [9.17, 15) is 9.59 Å². The van der Waals surface area contributed by atoms with Crippen molar-refractivity contribution in [1.29, 1.82) is 0 Å². The molecule has 0 heterocycles. The number of hydrogen-bond acceptors (Lipinski definition) is 3. The summed E-state index contributed by atoms with van der Waals surface area (Å²) < 4.78 is 4.93. The number of hydrogen-bond donors (Lipinski definition) is 2. The van der Waals surface area contributed by atoms with Crippen LogP contribution in [0.1, 0.15) is 33.6 Å². The molecule has 2 N–H and O–H groups in total. The van der Waals surface area contributed by atoms with Crippen LogP contribution in [-0.2, 0) is 14.3 Å². The zero-order chi connectivity index (χ0) is 11.9. The van der Waals surface area contributed by atoms with E-state index in [0.29, 0.717) is 13.0 Å². The van der Waals surface area contributed by atoms with E-state index in [1.54, 1.807) is 13.8 Å². The minimum Gasteiger partial charge on any atom is -0.481 e. The molecule has 1 unspecified atom stereocenters. The number of carboxylic acids is 1. The lowest BCUT2D eigenvalue weighted by molar-refractivity contribution is -0.139. The third-order valence-corrected chi connectivity index (χ3v) is 2.20. The normalized spacial score (nSPS) is 14.3. The molecule has 1 amide bonds. The Hall–Kier alpha value is -1.10. The van der Waals surface area contributed by atoms with Crippen LogP contribution in [0, 0.1) is 0 Å². The third-order valence-electron chi connectivity index (χ3n) is 2.20. The van der Waals surface area contributed by atoms with Crippen molar-refractivity contribution in [2.24, 2.45) is 0 Å². The molecule has 15 heavy (non-hydrogen) atoms. The molecule has 0 fully saturated rings. The topological polar surface area (TPSA) is 75.6 Å². The summed E-state index contributed by atoms with van der Waals surface area (Å²) in [6.45, 7) is 5.79. The molecule has 1 atom stereocenters. The van der Waals surface area contributed by atoms with Crippen LogP contribution in [0.25, 0.3) is 0 Å². The van der Waals surface area contributed by atoms with Gasteiger partial charge in [-0.2, -0.15) is 0 Å². The van der Waals surface area contributed by atoms with E-state index in [2.05, 4.69) is 5.32 Å². The zero-order valence-electron chi connectivity index (χ0n) is 9.50. The van der Waals surface area contributed by atoms with Crippen molar-refractivity contribution in [1.82, 2.24) is 5.32 Å². The Bertz CT molecular complexity index is 229. The molecule has 0 aliphatic rings. The van der Waals surface area contributed by atoms with Gasteiger partial charge in [-0.15, -0.1) is 0 Å². The summed E-state index contributed by atoms with van der Waals surface area (Å²) in [5.74, 6) is -1.20. The maximum absolute atomic E-state index is 11.3. The second kappa shape index (κ2) is 6.40. The highest BCUT2D eigenvalue weighted by Crippen LogP contribution is 2.13. The van der Waals surface area contributed by atoms with Gasteiger partial charge in [0.15, 0.2) is 0 Å². The minimum absolute atomic E-state index is 0.0221. The highest BCUT2D eigenvalue weighted by Gasteiger charge is 2.27. The highest BCUT2D eigenvalue weighted by atomic mass is 16.5. The van der Waals surface area contributed by atoms with Crippen LogP contribution in [0.2, 0.25) is 0 Å². The van der Waals surface area contributed by atoms with Gasteiger partial charge in [-0.05, 0) is 20.3 Å². The van der Waals surface area contributed by atoms with E-state index >= 15 is 0 Å². The zero-order valence-corrected chi connectivity index (χ0v) is 9.50. The number of aliphatic carboxylic acids is 1. The lowest BCUT2D eigenvalue weighted by Gasteiger charge is -2.27. The number of carboxylic acid groups (broad SMARTS) is 1. The molecule has 0 rings (SSSR count). The lowest BCUT2D eigenvalue weighted by Crippen LogP contribution is -2.48. The Labute approximate surface area is 89.8 Å². The standard InChI is InChI=1S/C10H19NO4/c1-4-10(3,6-9(13)14)11-8(12)7-15-5-2/h4-7H2,1-3H3,(H,11,12)(H,13,14). The summed E-state index contributed by atoms with van der Waals surface area (Å²) in [7, 11) is 0. The summed E-state index contributed by atoms with van der Waals surface area (Å²) >= 11 is 0. The fraction of sp³-hybridized carbons (Fsp3) is 0.800. The van der Waals surface area contributed by atoms with Crippen molar-refractivity contribution < 1.29 is 19.4 Å². The molecule has 0 radical (unpaired) electrons. The Morgan fingerprint density at radius 3 is 2.40 bits per heavy atom. The first-order valence-electron chi connectivity index (χ1n) is 5.04. The van der Waals surface area contributed by atoms with Crippen molar-refractivity contribution in [3.8, 4) is 0 Å². The van der Waals surface area contributed by atoms with E-state index in [1.807, 2.05) is 6.92 Å². The number of ether oxygens (including phenoxy) is 1. The average molecular weight is 217 g/mol. The van der Waals surface area contributed by atoms with Gasteiger partial charge in [0, 0.05) is 12.1 Å². The molecule has 0 saturated heterocycles. The van der Waals surface area contributed by atoms with Crippen LogP contribution in [0.4, 0.5) is 0 Å². The Kier molecular flexibility index (Phi) is 5.93. The minimum atomic E-state index is -0.920. The molecular weight excluding hydrogens is 198 g/mol. The van der Waals surface area contributed by atoms with Crippen LogP contribution in [-0.4, -0.2) is 35.7 Å². The quantitative estimate of drug-likeness (QED) is 0.661. The van der Waals surface area contributed by atoms with E-state index in [0.717, 1.165) is 0 Å². The Balaban J connectivity index is 4.17. The molecule has 5 nitrogen and oxygen atoms in total. The molecule has 0 aliphatic carbocycles. The van der Waals surface area contributed by atoms with Crippen molar-refractivity contribution in [2.45, 2.75) is 39.2 Å². The van der Waals surface area contributed by atoms with Crippen LogP contribution < -0.4 is 5.32 Å². The van der Waals surface area contributed by atoms with Crippen molar-refractivity contribution in [3.63, 3.8) is 0 Å². The Morgan fingerprint density at radius 2 is 2.00 bits per heavy atom. The van der Waals surface area contributed by atoms with Gasteiger partial charge in [0.1, 0.15) is 6.61 Å². The Morgan fingerprint density at radius 1 is 1.40 bits per heavy atom. The van der Waals surface area contributed by atoms with E-state index in [1.165, 1.54) is 0 Å². The number of carbonyl (C=O) groups excluding carboxylic acids is 1. The van der Waals surface area contributed by atoms with E-state index < -0.39 is 11.5 Å². The van der Waals surface area contributed by atoms with Gasteiger partial charge < -0.3 is 15.2 Å². The molecule has 0 bridgehead atoms. The second-order valence-electron chi connectivity index (χ2n) is 3.67. The summed E-state index contributed by atoms with van der Waals surface area (Å²) in [4.78, 5) is 21.9.